The molecule has 1 unspecified atom stereocenters. The van der Waals surface area contributed by atoms with E-state index in [0.29, 0.717) is 5.92 Å². The quantitative estimate of drug-likeness (QED) is 0.610. The Kier molecular flexibility index (Phi) is 7.93. The molecule has 0 spiro atoms. The van der Waals surface area contributed by atoms with Crippen LogP contribution in [0.5, 0.6) is 0 Å². The lowest BCUT2D eigenvalue weighted by molar-refractivity contribution is 0.0919. The number of likely N-dealkylation sites (N-methyl/N-ethyl adjacent to an activating group) is 1. The molecule has 16 heavy (non-hydrogen) atoms. The fourth-order valence-electron chi connectivity index (χ4n) is 1.67. The topological polar surface area (TPSA) is 44.7 Å². The van der Waals surface area contributed by atoms with Gasteiger partial charge in [-0.05, 0) is 19.9 Å². The summed E-state index contributed by atoms with van der Waals surface area (Å²) < 4.78 is 5.11. The SMILES string of the molecule is CNC(C)(CO)CN(CCOC)CC(C)C. The van der Waals surface area contributed by atoms with Crippen molar-refractivity contribution in [2.75, 3.05) is 47.0 Å². The molecule has 4 nitrogen and oxygen atoms in total. The van der Waals surface area contributed by atoms with Gasteiger partial charge in [-0.15, -0.1) is 0 Å². The molecule has 0 fully saturated rings. The van der Waals surface area contributed by atoms with E-state index in [1.807, 2.05) is 14.0 Å². The second-order valence-corrected chi connectivity index (χ2v) is 5.09. The lowest BCUT2D eigenvalue weighted by Crippen LogP contribution is -2.53. The zero-order chi connectivity index (χ0) is 12.6. The van der Waals surface area contributed by atoms with Crippen molar-refractivity contribution in [3.63, 3.8) is 0 Å². The molecule has 0 amide bonds. The molecular formula is C12H28N2O2. The summed E-state index contributed by atoms with van der Waals surface area (Å²) in [6, 6.07) is 0. The molecule has 98 valence electrons. The zero-order valence-corrected chi connectivity index (χ0v) is 11.4. The van der Waals surface area contributed by atoms with Gasteiger partial charge in [-0.25, -0.2) is 0 Å². The van der Waals surface area contributed by atoms with E-state index in [0.717, 1.165) is 26.2 Å². The van der Waals surface area contributed by atoms with Crippen LogP contribution in [0.1, 0.15) is 20.8 Å². The van der Waals surface area contributed by atoms with Gasteiger partial charge in [-0.1, -0.05) is 13.8 Å². The van der Waals surface area contributed by atoms with Crippen LogP contribution < -0.4 is 5.32 Å². The molecule has 0 bridgehead atoms. The summed E-state index contributed by atoms with van der Waals surface area (Å²) in [6.45, 7) is 10.1. The Morgan fingerprint density at radius 2 is 2.06 bits per heavy atom. The molecule has 0 aliphatic rings. The Morgan fingerprint density at radius 3 is 2.44 bits per heavy atom. The first-order valence-electron chi connectivity index (χ1n) is 5.98. The van der Waals surface area contributed by atoms with E-state index >= 15 is 0 Å². The Balaban J connectivity index is 4.27. The van der Waals surface area contributed by atoms with Crippen molar-refractivity contribution < 1.29 is 9.84 Å². The molecule has 0 aliphatic carbocycles. The monoisotopic (exact) mass is 232 g/mol. The molecular weight excluding hydrogens is 204 g/mol. The van der Waals surface area contributed by atoms with Gasteiger partial charge in [0.05, 0.1) is 18.8 Å². The molecule has 0 heterocycles. The minimum absolute atomic E-state index is 0.144. The highest BCUT2D eigenvalue weighted by molar-refractivity contribution is 4.84. The number of rotatable bonds is 9. The van der Waals surface area contributed by atoms with Crippen molar-refractivity contribution in [3.05, 3.63) is 0 Å². The number of nitrogens with one attached hydrogen (secondary N) is 1. The highest BCUT2D eigenvalue weighted by Gasteiger charge is 2.24. The number of hydrogen-bond donors (Lipinski definition) is 2. The Morgan fingerprint density at radius 1 is 1.44 bits per heavy atom. The van der Waals surface area contributed by atoms with Crippen molar-refractivity contribution in [2.24, 2.45) is 5.92 Å². The first-order valence-corrected chi connectivity index (χ1v) is 5.98. The molecule has 0 aromatic heterocycles. The van der Waals surface area contributed by atoms with Crippen LogP contribution in [0.15, 0.2) is 0 Å². The molecule has 0 aromatic rings. The number of aliphatic hydroxyl groups is 1. The lowest BCUT2D eigenvalue weighted by atomic mass is 10.0. The second kappa shape index (κ2) is 8.01. The average molecular weight is 232 g/mol. The summed E-state index contributed by atoms with van der Waals surface area (Å²) in [5.74, 6) is 0.622. The first kappa shape index (κ1) is 15.8. The summed E-state index contributed by atoms with van der Waals surface area (Å²) in [7, 11) is 3.61. The van der Waals surface area contributed by atoms with Gasteiger partial charge in [-0.3, -0.25) is 4.90 Å². The van der Waals surface area contributed by atoms with Gasteiger partial charge in [0.25, 0.3) is 0 Å². The van der Waals surface area contributed by atoms with Crippen LogP contribution in [-0.2, 0) is 4.74 Å². The maximum absolute atomic E-state index is 9.37. The fourth-order valence-corrected chi connectivity index (χ4v) is 1.67. The third kappa shape index (κ3) is 6.43. The van der Waals surface area contributed by atoms with E-state index < -0.39 is 0 Å². The molecule has 1 atom stereocenters. The normalized spacial score (nSPS) is 15.8. The van der Waals surface area contributed by atoms with Gasteiger partial charge in [0.2, 0.25) is 0 Å². The maximum atomic E-state index is 9.37. The standard InChI is InChI=1S/C12H28N2O2/c1-11(2)8-14(6-7-16-5)9-12(3,10-15)13-4/h11,13,15H,6-10H2,1-5H3. The van der Waals surface area contributed by atoms with Gasteiger partial charge < -0.3 is 15.2 Å². The van der Waals surface area contributed by atoms with Crippen LogP contribution in [-0.4, -0.2) is 62.6 Å². The smallest absolute Gasteiger partial charge is 0.0623 e. The number of methoxy groups -OCH3 is 1. The fraction of sp³-hybridized carbons (Fsp3) is 1.00. The Bertz CT molecular complexity index is 170. The summed E-state index contributed by atoms with van der Waals surface area (Å²) in [5, 5.41) is 12.5. The van der Waals surface area contributed by atoms with E-state index in [1.54, 1.807) is 7.11 Å². The van der Waals surface area contributed by atoms with E-state index in [-0.39, 0.29) is 12.1 Å². The second-order valence-electron chi connectivity index (χ2n) is 5.09. The van der Waals surface area contributed by atoms with Crippen molar-refractivity contribution in [2.45, 2.75) is 26.3 Å². The van der Waals surface area contributed by atoms with Gasteiger partial charge >= 0.3 is 0 Å². The van der Waals surface area contributed by atoms with Crippen molar-refractivity contribution in [3.8, 4) is 0 Å². The van der Waals surface area contributed by atoms with Crippen LogP contribution in [0, 0.1) is 5.92 Å². The third-order valence-electron chi connectivity index (χ3n) is 2.76. The molecule has 0 radical (unpaired) electrons. The highest BCUT2D eigenvalue weighted by atomic mass is 16.5. The van der Waals surface area contributed by atoms with Crippen LogP contribution in [0.2, 0.25) is 0 Å². The Hall–Kier alpha value is -0.160. The van der Waals surface area contributed by atoms with Gasteiger partial charge in [0, 0.05) is 26.7 Å². The number of hydrogen-bond acceptors (Lipinski definition) is 4. The predicted octanol–water partition coefficient (Wildman–Crippen LogP) is 0.561. The Labute approximate surface area is 100.0 Å². The van der Waals surface area contributed by atoms with E-state index in [2.05, 4.69) is 24.1 Å². The lowest BCUT2D eigenvalue weighted by Gasteiger charge is -2.34. The van der Waals surface area contributed by atoms with Gasteiger partial charge in [0.1, 0.15) is 0 Å². The summed E-state index contributed by atoms with van der Waals surface area (Å²) in [6.07, 6.45) is 0. The minimum Gasteiger partial charge on any atom is -0.394 e. The number of aliphatic hydroxyl groups excluding tert-OH is 1. The minimum atomic E-state index is -0.234. The number of ether oxygens (including phenoxy) is 1. The van der Waals surface area contributed by atoms with Crippen LogP contribution >= 0.6 is 0 Å². The molecule has 4 heteroatoms. The van der Waals surface area contributed by atoms with Crippen molar-refractivity contribution >= 4 is 0 Å². The molecule has 0 rings (SSSR count). The average Bonchev–Trinajstić information content (AvgIpc) is 2.25. The van der Waals surface area contributed by atoms with E-state index in [4.69, 9.17) is 4.74 Å². The van der Waals surface area contributed by atoms with Crippen LogP contribution in [0.25, 0.3) is 0 Å². The molecule has 2 N–H and O–H groups in total. The van der Waals surface area contributed by atoms with E-state index in [9.17, 15) is 5.11 Å². The largest absolute Gasteiger partial charge is 0.394 e. The molecule has 0 aliphatic heterocycles. The van der Waals surface area contributed by atoms with Crippen molar-refractivity contribution in [1.82, 2.24) is 10.2 Å². The molecule has 0 saturated carbocycles. The molecule has 0 aromatic carbocycles. The highest BCUT2D eigenvalue weighted by Crippen LogP contribution is 2.07. The zero-order valence-electron chi connectivity index (χ0n) is 11.4. The van der Waals surface area contributed by atoms with Crippen LogP contribution in [0.4, 0.5) is 0 Å². The maximum Gasteiger partial charge on any atom is 0.0623 e. The van der Waals surface area contributed by atoms with Crippen LogP contribution in [0.3, 0.4) is 0 Å². The molecule has 0 saturated heterocycles. The van der Waals surface area contributed by atoms with Gasteiger partial charge in [-0.2, -0.15) is 0 Å². The van der Waals surface area contributed by atoms with Crippen molar-refractivity contribution in [1.29, 1.82) is 0 Å². The van der Waals surface area contributed by atoms with Gasteiger partial charge in [0.15, 0.2) is 0 Å². The number of nitrogens with zero attached hydrogens (tertiary/aromatic N) is 1. The summed E-state index contributed by atoms with van der Waals surface area (Å²) >= 11 is 0. The first-order chi connectivity index (χ1) is 7.47. The summed E-state index contributed by atoms with van der Waals surface area (Å²) in [4.78, 5) is 2.33. The summed E-state index contributed by atoms with van der Waals surface area (Å²) in [5.41, 5.74) is -0.234. The third-order valence-corrected chi connectivity index (χ3v) is 2.76. The van der Waals surface area contributed by atoms with E-state index in [1.165, 1.54) is 0 Å². The predicted molar refractivity (Wildman–Crippen MR) is 67.7 cm³/mol.